The summed E-state index contributed by atoms with van der Waals surface area (Å²) in [5.41, 5.74) is 7.78. The van der Waals surface area contributed by atoms with Gasteiger partial charge in [-0.15, -0.1) is 5.73 Å². The van der Waals surface area contributed by atoms with Crippen LogP contribution in [0.2, 0.25) is 0 Å². The van der Waals surface area contributed by atoms with Crippen molar-refractivity contribution in [3.63, 3.8) is 0 Å². The molecule has 1 unspecified atom stereocenters. The van der Waals surface area contributed by atoms with Crippen LogP contribution in [0.3, 0.4) is 0 Å². The molecule has 1 heteroatoms. The normalized spacial score (nSPS) is 13.2. The van der Waals surface area contributed by atoms with Gasteiger partial charge >= 0.3 is 0 Å². The summed E-state index contributed by atoms with van der Waals surface area (Å²) in [6.07, 6.45) is 8.47. The summed E-state index contributed by atoms with van der Waals surface area (Å²) in [6, 6.07) is 8.75. The SMILES string of the molecule is C=C=C(CCCN(CCC)c1ccccc1C)C(C)(CC)CCCC. The average molecular weight is 342 g/mol. The standard InChI is InChI=1S/C24H39N/c1-7-11-18-24(6,10-4)22(9-3)16-14-20-25(19-8-2)23-17-13-12-15-21(23)5/h12-13,15,17H,3,7-8,10-11,14,16,18-20H2,1-2,4-6H3. The fraction of sp³-hybridized carbons (Fsp3) is 0.625. The first-order chi connectivity index (χ1) is 12.0. The number of allylic oxidation sites excluding steroid dienone is 1. The molecule has 0 aliphatic rings. The van der Waals surface area contributed by atoms with Gasteiger partial charge in [0.15, 0.2) is 0 Å². The lowest BCUT2D eigenvalue weighted by atomic mass is 9.74. The summed E-state index contributed by atoms with van der Waals surface area (Å²) in [7, 11) is 0. The van der Waals surface area contributed by atoms with Crippen molar-refractivity contribution < 1.29 is 0 Å². The molecule has 1 aromatic carbocycles. The van der Waals surface area contributed by atoms with Crippen LogP contribution in [0.15, 0.2) is 42.1 Å². The first-order valence-corrected chi connectivity index (χ1v) is 10.2. The second-order valence-electron chi connectivity index (χ2n) is 7.55. The third-order valence-corrected chi connectivity index (χ3v) is 5.61. The number of rotatable bonds is 12. The topological polar surface area (TPSA) is 3.24 Å². The van der Waals surface area contributed by atoms with Crippen LogP contribution in [0.1, 0.15) is 78.2 Å². The first-order valence-electron chi connectivity index (χ1n) is 10.2. The molecule has 0 amide bonds. The smallest absolute Gasteiger partial charge is 0.0395 e. The Hall–Kier alpha value is -1.46. The number of anilines is 1. The van der Waals surface area contributed by atoms with E-state index < -0.39 is 0 Å². The summed E-state index contributed by atoms with van der Waals surface area (Å²) in [5, 5.41) is 0. The van der Waals surface area contributed by atoms with Crippen molar-refractivity contribution in [1.82, 2.24) is 0 Å². The monoisotopic (exact) mass is 341 g/mol. The maximum Gasteiger partial charge on any atom is 0.0395 e. The minimum absolute atomic E-state index is 0.274. The lowest BCUT2D eigenvalue weighted by Gasteiger charge is -2.31. The number of hydrogen-bond acceptors (Lipinski definition) is 1. The van der Waals surface area contributed by atoms with E-state index in [1.807, 2.05) is 0 Å². The third kappa shape index (κ3) is 6.40. The van der Waals surface area contributed by atoms with E-state index in [9.17, 15) is 0 Å². The molecule has 0 saturated heterocycles. The molecular formula is C24H39N. The third-order valence-electron chi connectivity index (χ3n) is 5.61. The van der Waals surface area contributed by atoms with Crippen molar-refractivity contribution in [1.29, 1.82) is 0 Å². The molecule has 1 nitrogen and oxygen atoms in total. The zero-order chi connectivity index (χ0) is 18.7. The predicted octanol–water partition coefficient (Wildman–Crippen LogP) is 7.31. The van der Waals surface area contributed by atoms with Crippen molar-refractivity contribution in [3.05, 3.63) is 47.7 Å². The molecule has 1 atom stereocenters. The van der Waals surface area contributed by atoms with Gasteiger partial charge in [0.1, 0.15) is 0 Å². The van der Waals surface area contributed by atoms with Gasteiger partial charge in [-0.3, -0.25) is 0 Å². The Kier molecular flexibility index (Phi) is 9.68. The Morgan fingerprint density at radius 3 is 2.36 bits per heavy atom. The van der Waals surface area contributed by atoms with Gasteiger partial charge < -0.3 is 4.90 Å². The van der Waals surface area contributed by atoms with Crippen molar-refractivity contribution in [2.75, 3.05) is 18.0 Å². The minimum atomic E-state index is 0.274. The highest BCUT2D eigenvalue weighted by Crippen LogP contribution is 2.38. The average Bonchev–Trinajstić information content (AvgIpc) is 2.63. The summed E-state index contributed by atoms with van der Waals surface area (Å²) in [6.45, 7) is 17.7. The molecule has 0 aliphatic carbocycles. The highest BCUT2D eigenvalue weighted by atomic mass is 15.1. The van der Waals surface area contributed by atoms with Crippen LogP contribution < -0.4 is 4.90 Å². The highest BCUT2D eigenvalue weighted by molar-refractivity contribution is 5.52. The summed E-state index contributed by atoms with van der Waals surface area (Å²) >= 11 is 0. The Bertz CT molecular complexity index is 553. The van der Waals surface area contributed by atoms with Crippen molar-refractivity contribution in [3.8, 4) is 0 Å². The molecule has 0 saturated carbocycles. The Labute approximate surface area is 156 Å². The lowest BCUT2D eigenvalue weighted by Crippen LogP contribution is -2.27. The van der Waals surface area contributed by atoms with E-state index in [1.165, 1.54) is 55.3 Å². The maximum absolute atomic E-state index is 4.01. The van der Waals surface area contributed by atoms with Gasteiger partial charge in [0.25, 0.3) is 0 Å². The number of benzene rings is 1. The second-order valence-corrected chi connectivity index (χ2v) is 7.55. The molecule has 0 aliphatic heterocycles. The van der Waals surface area contributed by atoms with Crippen LogP contribution in [-0.2, 0) is 0 Å². The van der Waals surface area contributed by atoms with E-state index in [4.69, 9.17) is 0 Å². The number of nitrogens with zero attached hydrogens (tertiary/aromatic N) is 1. The number of unbranched alkanes of at least 4 members (excludes halogenated alkanes) is 1. The zero-order valence-electron chi connectivity index (χ0n) is 17.3. The predicted molar refractivity (Wildman–Crippen MR) is 113 cm³/mol. The zero-order valence-corrected chi connectivity index (χ0v) is 17.3. The maximum atomic E-state index is 4.01. The summed E-state index contributed by atoms with van der Waals surface area (Å²) < 4.78 is 0. The Morgan fingerprint density at radius 2 is 1.80 bits per heavy atom. The molecule has 1 rings (SSSR count). The fourth-order valence-corrected chi connectivity index (χ4v) is 3.70. The van der Waals surface area contributed by atoms with Crippen molar-refractivity contribution in [2.24, 2.45) is 5.41 Å². The van der Waals surface area contributed by atoms with E-state index in [2.05, 4.69) is 76.1 Å². The highest BCUT2D eigenvalue weighted by Gasteiger charge is 2.26. The molecular weight excluding hydrogens is 302 g/mol. The largest absolute Gasteiger partial charge is 0.371 e. The van der Waals surface area contributed by atoms with Gasteiger partial charge in [-0.05, 0) is 61.6 Å². The van der Waals surface area contributed by atoms with E-state index in [0.29, 0.717) is 0 Å². The number of aryl methyl sites for hydroxylation is 1. The van der Waals surface area contributed by atoms with Crippen LogP contribution in [0.25, 0.3) is 0 Å². The molecule has 0 radical (unpaired) electrons. The van der Waals surface area contributed by atoms with Gasteiger partial charge in [0.05, 0.1) is 0 Å². The lowest BCUT2D eigenvalue weighted by molar-refractivity contribution is 0.327. The first kappa shape index (κ1) is 21.6. The second kappa shape index (κ2) is 11.2. The van der Waals surface area contributed by atoms with Crippen LogP contribution in [0.5, 0.6) is 0 Å². The van der Waals surface area contributed by atoms with E-state index in [0.717, 1.165) is 19.5 Å². The molecule has 0 bridgehead atoms. The molecule has 0 N–H and O–H groups in total. The Balaban J connectivity index is 2.73. The Morgan fingerprint density at radius 1 is 1.08 bits per heavy atom. The van der Waals surface area contributed by atoms with Crippen LogP contribution in [-0.4, -0.2) is 13.1 Å². The fourth-order valence-electron chi connectivity index (χ4n) is 3.70. The van der Waals surface area contributed by atoms with Crippen LogP contribution in [0, 0.1) is 12.3 Å². The van der Waals surface area contributed by atoms with Gasteiger partial charge in [0.2, 0.25) is 0 Å². The van der Waals surface area contributed by atoms with Crippen LogP contribution >= 0.6 is 0 Å². The van der Waals surface area contributed by atoms with E-state index >= 15 is 0 Å². The van der Waals surface area contributed by atoms with Gasteiger partial charge in [-0.2, -0.15) is 0 Å². The minimum Gasteiger partial charge on any atom is -0.371 e. The molecule has 0 aromatic heterocycles. The molecule has 1 aromatic rings. The van der Waals surface area contributed by atoms with Crippen LogP contribution in [0.4, 0.5) is 5.69 Å². The summed E-state index contributed by atoms with van der Waals surface area (Å²) in [5.74, 6) is 0. The molecule has 25 heavy (non-hydrogen) atoms. The van der Waals surface area contributed by atoms with Gasteiger partial charge in [-0.25, -0.2) is 0 Å². The molecule has 0 fully saturated rings. The number of para-hydroxylation sites is 1. The van der Waals surface area contributed by atoms with Gasteiger partial charge in [-0.1, -0.05) is 65.3 Å². The molecule has 140 valence electrons. The van der Waals surface area contributed by atoms with E-state index in [1.54, 1.807) is 0 Å². The van der Waals surface area contributed by atoms with E-state index in [-0.39, 0.29) is 5.41 Å². The van der Waals surface area contributed by atoms with Crippen molar-refractivity contribution >= 4 is 5.69 Å². The summed E-state index contributed by atoms with van der Waals surface area (Å²) in [4.78, 5) is 2.55. The number of hydrogen-bond donors (Lipinski definition) is 0. The van der Waals surface area contributed by atoms with Gasteiger partial charge in [0, 0.05) is 18.8 Å². The molecule has 0 heterocycles. The quantitative estimate of drug-likeness (QED) is 0.360. The van der Waals surface area contributed by atoms with Crippen molar-refractivity contribution in [2.45, 2.75) is 79.6 Å². The molecule has 0 spiro atoms.